The van der Waals surface area contributed by atoms with Crippen LogP contribution in [-0.2, 0) is 19.3 Å². The molecule has 31 heavy (non-hydrogen) atoms. The van der Waals surface area contributed by atoms with Gasteiger partial charge < -0.3 is 4.52 Å². The van der Waals surface area contributed by atoms with Gasteiger partial charge in [0.1, 0.15) is 0 Å². The maximum absolute atomic E-state index is 12.7. The highest BCUT2D eigenvalue weighted by atomic mass is 19.4. The van der Waals surface area contributed by atoms with Crippen molar-refractivity contribution in [3.63, 3.8) is 0 Å². The lowest BCUT2D eigenvalue weighted by atomic mass is 10.1. The van der Waals surface area contributed by atoms with Crippen LogP contribution in [0.15, 0.2) is 53.1 Å². The lowest BCUT2D eigenvalue weighted by Gasteiger charge is -2.21. The number of nitrogens with zero attached hydrogens (tertiary/aromatic N) is 4. The van der Waals surface area contributed by atoms with Crippen LogP contribution < -0.4 is 0 Å². The summed E-state index contributed by atoms with van der Waals surface area (Å²) in [6.45, 7) is 6.74. The van der Waals surface area contributed by atoms with Crippen LogP contribution in [0.5, 0.6) is 0 Å². The maximum Gasteiger partial charge on any atom is 0.416 e. The molecule has 0 amide bonds. The van der Waals surface area contributed by atoms with E-state index in [4.69, 9.17) is 4.52 Å². The Kier molecular flexibility index (Phi) is 6.38. The number of alkyl halides is 3. The van der Waals surface area contributed by atoms with Crippen molar-refractivity contribution in [2.24, 2.45) is 0 Å². The molecule has 8 heteroatoms. The van der Waals surface area contributed by atoms with Crippen LogP contribution >= 0.6 is 0 Å². The number of aromatic nitrogens is 2. The largest absolute Gasteiger partial charge is 0.416 e. The third kappa shape index (κ3) is 5.71. The molecule has 0 N–H and O–H groups in total. The normalized spacial score (nSPS) is 16.4. The molecular weight excluding hydrogens is 405 g/mol. The van der Waals surface area contributed by atoms with Gasteiger partial charge in [-0.3, -0.25) is 9.80 Å². The monoisotopic (exact) mass is 430 g/mol. The molecule has 3 aromatic rings. The molecule has 4 rings (SSSR count). The molecule has 2 aromatic carbocycles. The highest BCUT2D eigenvalue weighted by Crippen LogP contribution is 2.29. The Bertz CT molecular complexity index is 983. The van der Waals surface area contributed by atoms with Gasteiger partial charge in [-0.05, 0) is 44.1 Å². The molecular formula is C23H25F3N4O. The van der Waals surface area contributed by atoms with E-state index in [0.717, 1.165) is 55.9 Å². The molecule has 0 aliphatic carbocycles. The van der Waals surface area contributed by atoms with Crippen molar-refractivity contribution in [3.05, 3.63) is 71.1 Å². The van der Waals surface area contributed by atoms with E-state index < -0.39 is 11.7 Å². The Balaban J connectivity index is 1.31. The fourth-order valence-corrected chi connectivity index (χ4v) is 3.73. The summed E-state index contributed by atoms with van der Waals surface area (Å²) in [6, 6.07) is 13.4. The van der Waals surface area contributed by atoms with Gasteiger partial charge in [0.05, 0.1) is 12.1 Å². The minimum Gasteiger partial charge on any atom is -0.338 e. The molecule has 1 aromatic heterocycles. The van der Waals surface area contributed by atoms with Gasteiger partial charge >= 0.3 is 6.18 Å². The number of hydrogen-bond donors (Lipinski definition) is 0. The Hall–Kier alpha value is -2.71. The molecule has 1 aliphatic heterocycles. The van der Waals surface area contributed by atoms with Crippen molar-refractivity contribution >= 4 is 0 Å². The number of benzene rings is 2. The summed E-state index contributed by atoms with van der Waals surface area (Å²) in [7, 11) is 0. The fourth-order valence-electron chi connectivity index (χ4n) is 3.73. The van der Waals surface area contributed by atoms with Crippen LogP contribution in [0, 0.1) is 6.92 Å². The number of rotatable bonds is 5. The summed E-state index contributed by atoms with van der Waals surface area (Å²) >= 11 is 0. The highest BCUT2D eigenvalue weighted by Gasteiger charge is 2.30. The highest BCUT2D eigenvalue weighted by molar-refractivity contribution is 5.54. The summed E-state index contributed by atoms with van der Waals surface area (Å²) in [6.07, 6.45) is -3.32. The molecule has 1 fully saturated rings. The van der Waals surface area contributed by atoms with Crippen LogP contribution in [0.25, 0.3) is 11.4 Å². The summed E-state index contributed by atoms with van der Waals surface area (Å²) in [5, 5.41) is 4.10. The lowest BCUT2D eigenvalue weighted by Crippen LogP contribution is -2.30. The van der Waals surface area contributed by atoms with Crippen molar-refractivity contribution < 1.29 is 17.7 Å². The van der Waals surface area contributed by atoms with E-state index >= 15 is 0 Å². The average molecular weight is 430 g/mol. The molecule has 1 aliphatic rings. The number of aryl methyl sites for hydroxylation is 1. The summed E-state index contributed by atoms with van der Waals surface area (Å²) in [5.41, 5.74) is 2.39. The molecule has 0 bridgehead atoms. The molecule has 164 valence electrons. The first-order valence-electron chi connectivity index (χ1n) is 10.4. The first kappa shape index (κ1) is 21.5. The molecule has 2 heterocycles. The average Bonchev–Trinajstić information content (AvgIpc) is 3.09. The second-order valence-electron chi connectivity index (χ2n) is 7.98. The van der Waals surface area contributed by atoms with E-state index in [1.807, 2.05) is 31.2 Å². The third-order valence-corrected chi connectivity index (χ3v) is 5.51. The first-order chi connectivity index (χ1) is 14.9. The number of hydrogen-bond acceptors (Lipinski definition) is 5. The van der Waals surface area contributed by atoms with Crippen molar-refractivity contribution in [1.29, 1.82) is 0 Å². The number of halogens is 3. The summed E-state index contributed by atoms with van der Waals surface area (Å²) in [5.74, 6) is 1.18. The Morgan fingerprint density at radius 3 is 2.16 bits per heavy atom. The molecule has 0 saturated carbocycles. The van der Waals surface area contributed by atoms with Gasteiger partial charge in [-0.25, -0.2) is 0 Å². The van der Waals surface area contributed by atoms with Crippen LogP contribution in [0.1, 0.15) is 29.0 Å². The SMILES string of the molecule is Cc1ccc(-c2noc(CN3CCCN(Cc4ccc(C(F)(F)F)cc4)CC3)n2)cc1. The van der Waals surface area contributed by atoms with Crippen molar-refractivity contribution in [3.8, 4) is 11.4 Å². The van der Waals surface area contributed by atoms with Gasteiger partial charge in [0, 0.05) is 25.2 Å². The van der Waals surface area contributed by atoms with E-state index in [1.165, 1.54) is 5.56 Å². The van der Waals surface area contributed by atoms with Gasteiger partial charge in [0.2, 0.25) is 11.7 Å². The van der Waals surface area contributed by atoms with E-state index in [0.29, 0.717) is 24.8 Å². The molecule has 1 saturated heterocycles. The van der Waals surface area contributed by atoms with Gasteiger partial charge in [-0.2, -0.15) is 18.2 Å². The van der Waals surface area contributed by atoms with E-state index in [1.54, 1.807) is 12.1 Å². The second kappa shape index (κ2) is 9.20. The molecule has 0 atom stereocenters. The lowest BCUT2D eigenvalue weighted by molar-refractivity contribution is -0.137. The Morgan fingerprint density at radius 2 is 1.52 bits per heavy atom. The standard InChI is InChI=1S/C23H25F3N4O/c1-17-3-7-19(8-4-17)22-27-21(31-28-22)16-30-12-2-11-29(13-14-30)15-18-5-9-20(10-6-18)23(24,25)26/h3-10H,2,11-16H2,1H3. The molecule has 0 unspecified atom stereocenters. The van der Waals surface area contributed by atoms with Crippen LogP contribution in [0.3, 0.4) is 0 Å². The van der Waals surface area contributed by atoms with Crippen molar-refractivity contribution in [1.82, 2.24) is 19.9 Å². The van der Waals surface area contributed by atoms with Crippen LogP contribution in [-0.4, -0.2) is 46.1 Å². The van der Waals surface area contributed by atoms with Crippen molar-refractivity contribution in [2.45, 2.75) is 32.6 Å². The van der Waals surface area contributed by atoms with Gasteiger partial charge in [0.25, 0.3) is 0 Å². The predicted molar refractivity (Wildman–Crippen MR) is 111 cm³/mol. The molecule has 0 spiro atoms. The predicted octanol–water partition coefficient (Wildman–Crippen LogP) is 4.77. The van der Waals surface area contributed by atoms with Crippen molar-refractivity contribution in [2.75, 3.05) is 26.2 Å². The quantitative estimate of drug-likeness (QED) is 0.583. The summed E-state index contributed by atoms with van der Waals surface area (Å²) < 4.78 is 43.6. The Morgan fingerprint density at radius 1 is 0.871 bits per heavy atom. The van der Waals surface area contributed by atoms with Gasteiger partial charge in [-0.1, -0.05) is 47.1 Å². The smallest absolute Gasteiger partial charge is 0.338 e. The Labute approximate surface area is 179 Å². The fraction of sp³-hybridized carbons (Fsp3) is 0.391. The molecule has 0 radical (unpaired) electrons. The zero-order valence-electron chi connectivity index (χ0n) is 17.4. The second-order valence-corrected chi connectivity index (χ2v) is 7.98. The minimum absolute atomic E-state index is 0.590. The summed E-state index contributed by atoms with van der Waals surface area (Å²) in [4.78, 5) is 9.07. The zero-order valence-corrected chi connectivity index (χ0v) is 17.4. The third-order valence-electron chi connectivity index (χ3n) is 5.51. The van der Waals surface area contributed by atoms with E-state index in [9.17, 15) is 13.2 Å². The van der Waals surface area contributed by atoms with E-state index in [-0.39, 0.29) is 0 Å². The zero-order chi connectivity index (χ0) is 21.8. The topological polar surface area (TPSA) is 45.4 Å². The van der Waals surface area contributed by atoms with E-state index in [2.05, 4.69) is 19.9 Å². The van der Waals surface area contributed by atoms with Gasteiger partial charge in [0.15, 0.2) is 0 Å². The van der Waals surface area contributed by atoms with Crippen LogP contribution in [0.4, 0.5) is 13.2 Å². The first-order valence-corrected chi connectivity index (χ1v) is 10.4. The minimum atomic E-state index is -4.30. The maximum atomic E-state index is 12.7. The van der Waals surface area contributed by atoms with Gasteiger partial charge in [-0.15, -0.1) is 0 Å². The molecule has 5 nitrogen and oxygen atoms in total. The van der Waals surface area contributed by atoms with Crippen LogP contribution in [0.2, 0.25) is 0 Å².